The number of amides is 1. The van der Waals surface area contributed by atoms with Crippen molar-refractivity contribution in [3.63, 3.8) is 0 Å². The van der Waals surface area contributed by atoms with E-state index in [1.54, 1.807) is 18.2 Å². The Bertz CT molecular complexity index is 664. The molecule has 2 aromatic rings. The first-order valence-corrected chi connectivity index (χ1v) is 6.45. The van der Waals surface area contributed by atoms with Crippen molar-refractivity contribution >= 4 is 23.4 Å². The fourth-order valence-corrected chi connectivity index (χ4v) is 1.77. The molecule has 6 N–H and O–H groups in total. The van der Waals surface area contributed by atoms with E-state index in [0.29, 0.717) is 12.2 Å². The van der Waals surface area contributed by atoms with Crippen LogP contribution in [0.2, 0.25) is 0 Å². The van der Waals surface area contributed by atoms with Gasteiger partial charge in [-0.05, 0) is 29.3 Å². The van der Waals surface area contributed by atoms with E-state index in [-0.39, 0.29) is 17.3 Å². The van der Waals surface area contributed by atoms with E-state index in [9.17, 15) is 9.90 Å². The number of carbonyl (C=O) groups is 1. The van der Waals surface area contributed by atoms with E-state index in [0.717, 1.165) is 11.1 Å². The zero-order valence-corrected chi connectivity index (χ0v) is 11.4. The highest BCUT2D eigenvalue weighted by Gasteiger charge is 2.05. The average molecular weight is 283 g/mol. The largest absolute Gasteiger partial charge is 0.506 e. The first kappa shape index (κ1) is 14.6. The molecule has 108 valence electrons. The van der Waals surface area contributed by atoms with Gasteiger partial charge in [0, 0.05) is 12.6 Å². The molecule has 21 heavy (non-hydrogen) atoms. The first-order chi connectivity index (χ1) is 10.1. The summed E-state index contributed by atoms with van der Waals surface area (Å²) in [6, 6.07) is 12.3. The van der Waals surface area contributed by atoms with E-state index < -0.39 is 0 Å². The molecule has 0 unspecified atom stereocenters. The molecule has 0 aromatic heterocycles. The van der Waals surface area contributed by atoms with Gasteiger partial charge in [0.25, 0.3) is 0 Å². The summed E-state index contributed by atoms with van der Waals surface area (Å²) in [6.45, 7) is 0.487. The van der Waals surface area contributed by atoms with Crippen LogP contribution in [0.5, 0.6) is 5.75 Å². The van der Waals surface area contributed by atoms with Crippen LogP contribution >= 0.6 is 0 Å². The number of hydrogen-bond acceptors (Lipinski definition) is 4. The van der Waals surface area contributed by atoms with Crippen molar-refractivity contribution in [3.8, 4) is 5.75 Å². The van der Waals surface area contributed by atoms with Crippen LogP contribution in [-0.2, 0) is 11.3 Å². The Balaban J connectivity index is 2.03. The van der Waals surface area contributed by atoms with Crippen LogP contribution in [-0.4, -0.2) is 11.0 Å². The SMILES string of the molecule is NCc1ccc(/C=C/C(=O)Nc2cccc(O)c2N)cc1. The van der Waals surface area contributed by atoms with Gasteiger partial charge in [-0.25, -0.2) is 0 Å². The normalized spacial score (nSPS) is 10.7. The average Bonchev–Trinajstić information content (AvgIpc) is 2.50. The molecule has 0 saturated heterocycles. The Hall–Kier alpha value is -2.79. The smallest absolute Gasteiger partial charge is 0.248 e. The van der Waals surface area contributed by atoms with E-state index in [1.165, 1.54) is 12.1 Å². The Morgan fingerprint density at radius 1 is 1.19 bits per heavy atom. The third-order valence-corrected chi connectivity index (χ3v) is 2.98. The van der Waals surface area contributed by atoms with Gasteiger partial charge in [0.2, 0.25) is 5.91 Å². The number of para-hydroxylation sites is 1. The number of phenolic OH excluding ortho intramolecular Hbond substituents is 1. The quantitative estimate of drug-likeness (QED) is 0.392. The molecule has 5 nitrogen and oxygen atoms in total. The predicted octanol–water partition coefficient (Wildman–Crippen LogP) is 2.08. The van der Waals surface area contributed by atoms with Crippen molar-refractivity contribution in [1.82, 2.24) is 0 Å². The lowest BCUT2D eigenvalue weighted by molar-refractivity contribution is -0.111. The Kier molecular flexibility index (Phi) is 4.58. The molecule has 0 aliphatic heterocycles. The molecule has 2 aromatic carbocycles. The van der Waals surface area contributed by atoms with Crippen molar-refractivity contribution in [3.05, 3.63) is 59.7 Å². The summed E-state index contributed by atoms with van der Waals surface area (Å²) in [5.74, 6) is -0.385. The van der Waals surface area contributed by atoms with Gasteiger partial charge in [-0.2, -0.15) is 0 Å². The molecular formula is C16H17N3O2. The lowest BCUT2D eigenvalue weighted by Crippen LogP contribution is -2.09. The highest BCUT2D eigenvalue weighted by Crippen LogP contribution is 2.27. The number of nitrogen functional groups attached to an aromatic ring is 1. The summed E-state index contributed by atoms with van der Waals surface area (Å²) >= 11 is 0. The molecule has 0 aliphatic rings. The summed E-state index contributed by atoms with van der Waals surface area (Å²) < 4.78 is 0. The molecule has 0 heterocycles. The number of benzene rings is 2. The maximum Gasteiger partial charge on any atom is 0.248 e. The van der Waals surface area contributed by atoms with Crippen LogP contribution in [0.15, 0.2) is 48.5 Å². The van der Waals surface area contributed by atoms with E-state index in [2.05, 4.69) is 5.32 Å². The van der Waals surface area contributed by atoms with Crippen molar-refractivity contribution in [2.75, 3.05) is 11.1 Å². The van der Waals surface area contributed by atoms with Crippen molar-refractivity contribution in [2.45, 2.75) is 6.54 Å². The minimum absolute atomic E-state index is 0.0610. The topological polar surface area (TPSA) is 101 Å². The summed E-state index contributed by atoms with van der Waals surface area (Å²) in [5.41, 5.74) is 13.6. The number of rotatable bonds is 4. The molecule has 0 fully saturated rings. The fourth-order valence-electron chi connectivity index (χ4n) is 1.77. The lowest BCUT2D eigenvalue weighted by atomic mass is 10.1. The molecule has 0 radical (unpaired) electrons. The Morgan fingerprint density at radius 3 is 2.57 bits per heavy atom. The summed E-state index contributed by atoms with van der Waals surface area (Å²) in [6.07, 6.45) is 3.09. The highest BCUT2D eigenvalue weighted by molar-refractivity contribution is 6.04. The molecule has 5 heteroatoms. The monoisotopic (exact) mass is 283 g/mol. The van der Waals surface area contributed by atoms with Crippen molar-refractivity contribution in [2.24, 2.45) is 5.73 Å². The van der Waals surface area contributed by atoms with Gasteiger partial charge in [0.05, 0.1) is 11.4 Å². The minimum atomic E-state index is -0.324. The zero-order valence-electron chi connectivity index (χ0n) is 11.4. The molecule has 1 amide bonds. The van der Waals surface area contributed by atoms with Crippen LogP contribution in [0, 0.1) is 0 Å². The number of aromatic hydroxyl groups is 1. The second-order valence-corrected chi connectivity index (χ2v) is 4.51. The Morgan fingerprint density at radius 2 is 1.90 bits per heavy atom. The molecule has 0 bridgehead atoms. The van der Waals surface area contributed by atoms with Crippen LogP contribution in [0.1, 0.15) is 11.1 Å². The molecule has 2 rings (SSSR count). The molecule has 0 aliphatic carbocycles. The number of phenols is 1. The lowest BCUT2D eigenvalue weighted by Gasteiger charge is -2.07. The minimum Gasteiger partial charge on any atom is -0.506 e. The standard InChI is InChI=1S/C16H17N3O2/c17-10-12-6-4-11(5-7-12)8-9-15(21)19-13-2-1-3-14(20)16(13)18/h1-9,20H,10,17-18H2,(H,19,21)/b9-8+. The first-order valence-electron chi connectivity index (χ1n) is 6.45. The maximum absolute atomic E-state index is 11.8. The third-order valence-electron chi connectivity index (χ3n) is 2.98. The second kappa shape index (κ2) is 6.58. The highest BCUT2D eigenvalue weighted by atomic mass is 16.3. The fraction of sp³-hybridized carbons (Fsp3) is 0.0625. The predicted molar refractivity (Wildman–Crippen MR) is 84.5 cm³/mol. The molecule has 0 atom stereocenters. The summed E-state index contributed by atoms with van der Waals surface area (Å²) in [5, 5.41) is 12.1. The maximum atomic E-state index is 11.8. The number of carbonyl (C=O) groups excluding carboxylic acids is 1. The number of anilines is 2. The number of nitrogens with two attached hydrogens (primary N) is 2. The van der Waals surface area contributed by atoms with Crippen LogP contribution in [0.3, 0.4) is 0 Å². The van der Waals surface area contributed by atoms with Crippen LogP contribution in [0.25, 0.3) is 6.08 Å². The van der Waals surface area contributed by atoms with E-state index in [4.69, 9.17) is 11.5 Å². The van der Waals surface area contributed by atoms with Gasteiger partial charge >= 0.3 is 0 Å². The zero-order chi connectivity index (χ0) is 15.2. The van der Waals surface area contributed by atoms with Gasteiger partial charge in [0.1, 0.15) is 5.75 Å². The van der Waals surface area contributed by atoms with Gasteiger partial charge in [0.15, 0.2) is 0 Å². The van der Waals surface area contributed by atoms with Crippen LogP contribution in [0.4, 0.5) is 11.4 Å². The van der Waals surface area contributed by atoms with E-state index >= 15 is 0 Å². The van der Waals surface area contributed by atoms with Gasteiger partial charge in [-0.15, -0.1) is 0 Å². The summed E-state index contributed by atoms with van der Waals surface area (Å²) in [7, 11) is 0. The third kappa shape index (κ3) is 3.84. The van der Waals surface area contributed by atoms with Crippen LogP contribution < -0.4 is 16.8 Å². The number of hydrogen-bond donors (Lipinski definition) is 4. The Labute approximate surface area is 122 Å². The van der Waals surface area contributed by atoms with Gasteiger partial charge in [-0.3, -0.25) is 4.79 Å². The van der Waals surface area contributed by atoms with E-state index in [1.807, 2.05) is 24.3 Å². The van der Waals surface area contributed by atoms with Crippen molar-refractivity contribution < 1.29 is 9.90 Å². The molecular weight excluding hydrogens is 266 g/mol. The molecule has 0 saturated carbocycles. The van der Waals surface area contributed by atoms with Gasteiger partial charge in [-0.1, -0.05) is 30.3 Å². The summed E-state index contributed by atoms with van der Waals surface area (Å²) in [4.78, 5) is 11.8. The van der Waals surface area contributed by atoms with Crippen molar-refractivity contribution in [1.29, 1.82) is 0 Å². The van der Waals surface area contributed by atoms with Gasteiger partial charge < -0.3 is 21.9 Å². The molecule has 0 spiro atoms. The second-order valence-electron chi connectivity index (χ2n) is 4.51. The number of nitrogens with one attached hydrogen (secondary N) is 1.